The molecule has 1 aliphatic rings. The van der Waals surface area contributed by atoms with Gasteiger partial charge in [0.25, 0.3) is 10.0 Å². The zero-order chi connectivity index (χ0) is 20.3. The molecular weight excluding hydrogens is 378 g/mol. The van der Waals surface area contributed by atoms with Crippen molar-refractivity contribution in [3.05, 3.63) is 53.6 Å². The van der Waals surface area contributed by atoms with Gasteiger partial charge in [-0.15, -0.1) is 0 Å². The number of carboxylic acid groups (broad SMARTS) is 1. The van der Waals surface area contributed by atoms with Gasteiger partial charge >= 0.3 is 5.97 Å². The fourth-order valence-electron chi connectivity index (χ4n) is 3.83. The van der Waals surface area contributed by atoms with Crippen molar-refractivity contribution < 1.29 is 23.4 Å². The zero-order valence-electron chi connectivity index (χ0n) is 15.8. The van der Waals surface area contributed by atoms with Crippen molar-refractivity contribution >= 4 is 21.7 Å². The van der Waals surface area contributed by atoms with Gasteiger partial charge in [-0.1, -0.05) is 38.3 Å². The van der Waals surface area contributed by atoms with Crippen LogP contribution in [0.1, 0.15) is 60.9 Å². The van der Waals surface area contributed by atoms with Crippen molar-refractivity contribution in [1.82, 2.24) is 0 Å². The minimum absolute atomic E-state index is 0.220. The molecule has 0 spiro atoms. The van der Waals surface area contributed by atoms with Crippen LogP contribution < -0.4 is 4.72 Å². The van der Waals surface area contributed by atoms with Crippen molar-refractivity contribution in [2.75, 3.05) is 4.72 Å². The molecule has 7 heteroatoms. The first-order chi connectivity index (χ1) is 13.3. The van der Waals surface area contributed by atoms with Crippen molar-refractivity contribution in [1.29, 1.82) is 0 Å². The molecule has 2 aromatic rings. The molecule has 150 valence electrons. The number of phenols is 1. The molecule has 1 fully saturated rings. The maximum atomic E-state index is 12.6. The second-order valence-electron chi connectivity index (χ2n) is 7.40. The second kappa shape index (κ2) is 8.22. The predicted octanol–water partition coefficient (Wildman–Crippen LogP) is 4.58. The van der Waals surface area contributed by atoms with E-state index in [0.717, 1.165) is 12.1 Å². The number of carboxylic acids is 1. The van der Waals surface area contributed by atoms with E-state index in [-0.39, 0.29) is 4.90 Å². The molecule has 1 aliphatic carbocycles. The van der Waals surface area contributed by atoms with Crippen LogP contribution in [0.3, 0.4) is 0 Å². The highest BCUT2D eigenvalue weighted by molar-refractivity contribution is 7.92. The van der Waals surface area contributed by atoms with E-state index in [2.05, 4.69) is 11.6 Å². The highest BCUT2D eigenvalue weighted by Gasteiger charge is 2.22. The third kappa shape index (κ3) is 4.47. The summed E-state index contributed by atoms with van der Waals surface area (Å²) in [5.74, 6) is -0.771. The Balaban J connectivity index is 1.76. The van der Waals surface area contributed by atoms with Gasteiger partial charge in [-0.2, -0.15) is 0 Å². The van der Waals surface area contributed by atoms with Gasteiger partial charge in [0.05, 0.1) is 4.90 Å². The van der Waals surface area contributed by atoms with Gasteiger partial charge < -0.3 is 10.2 Å². The van der Waals surface area contributed by atoms with E-state index < -0.39 is 27.3 Å². The fraction of sp³-hybridized carbons (Fsp3) is 0.381. The lowest BCUT2D eigenvalue weighted by Gasteiger charge is -2.28. The van der Waals surface area contributed by atoms with Gasteiger partial charge in [0.2, 0.25) is 0 Å². The largest absolute Gasteiger partial charge is 0.507 e. The molecule has 0 aliphatic heterocycles. The van der Waals surface area contributed by atoms with Crippen LogP contribution in [0, 0.1) is 5.92 Å². The molecule has 0 amide bonds. The van der Waals surface area contributed by atoms with Crippen LogP contribution in [-0.2, 0) is 10.0 Å². The highest BCUT2D eigenvalue weighted by atomic mass is 32.2. The molecule has 0 saturated heterocycles. The number of rotatable bonds is 6. The van der Waals surface area contributed by atoms with Crippen molar-refractivity contribution in [3.63, 3.8) is 0 Å². The standard InChI is InChI=1S/C21H25NO5S/c1-14(15-5-3-2-4-6-15)16-7-9-17(10-8-16)22-28(26,27)18-11-12-20(23)19(13-18)21(24)25/h7-15,22-23H,2-6H2,1H3,(H,24,25). The number of benzene rings is 2. The normalized spacial score (nSPS) is 16.5. The van der Waals surface area contributed by atoms with E-state index in [1.165, 1.54) is 43.7 Å². The fourth-order valence-corrected chi connectivity index (χ4v) is 4.91. The quantitative estimate of drug-likeness (QED) is 0.655. The van der Waals surface area contributed by atoms with Crippen molar-refractivity contribution in [2.45, 2.75) is 49.8 Å². The number of carbonyl (C=O) groups is 1. The van der Waals surface area contributed by atoms with Gasteiger partial charge in [0, 0.05) is 5.69 Å². The Labute approximate surface area is 165 Å². The molecule has 1 saturated carbocycles. The summed E-state index contributed by atoms with van der Waals surface area (Å²) < 4.78 is 27.6. The Hall–Kier alpha value is -2.54. The molecule has 28 heavy (non-hydrogen) atoms. The van der Waals surface area contributed by atoms with Crippen LogP contribution in [0.15, 0.2) is 47.4 Å². The highest BCUT2D eigenvalue weighted by Crippen LogP contribution is 2.36. The van der Waals surface area contributed by atoms with E-state index in [1.807, 2.05) is 12.1 Å². The maximum absolute atomic E-state index is 12.6. The van der Waals surface area contributed by atoms with Crippen LogP contribution in [0.2, 0.25) is 0 Å². The first kappa shape index (κ1) is 20.2. The van der Waals surface area contributed by atoms with Crippen molar-refractivity contribution in [2.24, 2.45) is 5.92 Å². The summed E-state index contributed by atoms with van der Waals surface area (Å²) in [4.78, 5) is 10.9. The number of aromatic hydroxyl groups is 1. The van der Waals surface area contributed by atoms with E-state index in [4.69, 9.17) is 5.11 Å². The lowest BCUT2D eigenvalue weighted by Crippen LogP contribution is -2.15. The SMILES string of the molecule is CC(c1ccc(NS(=O)(=O)c2ccc(O)c(C(=O)O)c2)cc1)C1CCCCC1. The first-order valence-corrected chi connectivity index (χ1v) is 11.0. The predicted molar refractivity (Wildman–Crippen MR) is 107 cm³/mol. The molecule has 0 bridgehead atoms. The van der Waals surface area contributed by atoms with Crippen LogP contribution in [0.4, 0.5) is 5.69 Å². The zero-order valence-corrected chi connectivity index (χ0v) is 16.6. The minimum Gasteiger partial charge on any atom is -0.507 e. The Morgan fingerprint density at radius 1 is 1.07 bits per heavy atom. The second-order valence-corrected chi connectivity index (χ2v) is 9.08. The third-order valence-corrected chi connectivity index (χ3v) is 6.93. The maximum Gasteiger partial charge on any atom is 0.339 e. The summed E-state index contributed by atoms with van der Waals surface area (Å²) in [5, 5.41) is 18.6. The van der Waals surface area contributed by atoms with Gasteiger partial charge in [-0.3, -0.25) is 4.72 Å². The molecule has 6 nitrogen and oxygen atoms in total. The van der Waals surface area contributed by atoms with E-state index >= 15 is 0 Å². The van der Waals surface area contributed by atoms with Gasteiger partial charge in [0.1, 0.15) is 11.3 Å². The molecule has 0 aromatic heterocycles. The molecule has 0 heterocycles. The number of sulfonamides is 1. The molecule has 1 atom stereocenters. The topological polar surface area (TPSA) is 104 Å². The Kier molecular flexibility index (Phi) is 5.93. The van der Waals surface area contributed by atoms with Crippen LogP contribution in [0.25, 0.3) is 0 Å². The number of hydrogen-bond acceptors (Lipinski definition) is 4. The number of aromatic carboxylic acids is 1. The van der Waals surface area contributed by atoms with E-state index in [0.29, 0.717) is 17.5 Å². The summed E-state index contributed by atoms with van der Waals surface area (Å²) in [6, 6.07) is 10.5. The first-order valence-electron chi connectivity index (χ1n) is 9.47. The minimum atomic E-state index is -3.96. The summed E-state index contributed by atoms with van der Waals surface area (Å²) in [6.45, 7) is 2.22. The van der Waals surface area contributed by atoms with Gasteiger partial charge in [-0.05, 0) is 60.6 Å². The summed E-state index contributed by atoms with van der Waals surface area (Å²) in [6.07, 6.45) is 6.34. The van der Waals surface area contributed by atoms with E-state index in [9.17, 15) is 18.3 Å². The molecule has 1 unspecified atom stereocenters. The summed E-state index contributed by atoms with van der Waals surface area (Å²) in [5.41, 5.74) is 1.14. The molecule has 0 radical (unpaired) electrons. The number of anilines is 1. The Morgan fingerprint density at radius 3 is 2.32 bits per heavy atom. The van der Waals surface area contributed by atoms with Gasteiger partial charge in [-0.25, -0.2) is 13.2 Å². The molecular formula is C21H25NO5S. The Morgan fingerprint density at radius 2 is 1.71 bits per heavy atom. The average molecular weight is 404 g/mol. The smallest absolute Gasteiger partial charge is 0.339 e. The lowest BCUT2D eigenvalue weighted by atomic mass is 9.78. The Bertz CT molecular complexity index is 947. The molecule has 3 N–H and O–H groups in total. The molecule has 3 rings (SSSR count). The van der Waals surface area contributed by atoms with Crippen LogP contribution in [-0.4, -0.2) is 24.6 Å². The average Bonchev–Trinajstić information content (AvgIpc) is 2.68. The van der Waals surface area contributed by atoms with Crippen LogP contribution >= 0.6 is 0 Å². The summed E-state index contributed by atoms with van der Waals surface area (Å²) >= 11 is 0. The molecule has 2 aromatic carbocycles. The number of nitrogens with one attached hydrogen (secondary N) is 1. The summed E-state index contributed by atoms with van der Waals surface area (Å²) in [7, 11) is -3.96. The van der Waals surface area contributed by atoms with Crippen LogP contribution in [0.5, 0.6) is 5.75 Å². The van der Waals surface area contributed by atoms with Gasteiger partial charge in [0.15, 0.2) is 0 Å². The monoisotopic (exact) mass is 403 g/mol. The lowest BCUT2D eigenvalue weighted by molar-refractivity contribution is 0.0693. The van der Waals surface area contributed by atoms with E-state index in [1.54, 1.807) is 12.1 Å². The third-order valence-electron chi connectivity index (χ3n) is 5.55. The number of hydrogen-bond donors (Lipinski definition) is 3. The van der Waals surface area contributed by atoms with Crippen molar-refractivity contribution in [3.8, 4) is 5.75 Å².